The summed E-state index contributed by atoms with van der Waals surface area (Å²) in [5, 5.41) is 8.37. The average molecular weight is 360 g/mol. The molecule has 0 unspecified atom stereocenters. The maximum atomic E-state index is 5.67. The molecule has 0 bridgehead atoms. The van der Waals surface area contributed by atoms with Crippen molar-refractivity contribution >= 4 is 57.9 Å². The zero-order valence-electron chi connectivity index (χ0n) is 11.2. The number of furan rings is 1. The van der Waals surface area contributed by atoms with Crippen LogP contribution in [0.25, 0.3) is 23.1 Å². The Hall–Kier alpha value is -1.69. The second-order valence-electron chi connectivity index (χ2n) is 4.33. The predicted octanol–water partition coefficient (Wildman–Crippen LogP) is 4.82. The van der Waals surface area contributed by atoms with Crippen molar-refractivity contribution in [3.8, 4) is 5.75 Å². The van der Waals surface area contributed by atoms with Crippen molar-refractivity contribution in [3.05, 3.63) is 41.8 Å². The fourth-order valence-electron chi connectivity index (χ4n) is 1.81. The van der Waals surface area contributed by atoms with Gasteiger partial charge in [-0.2, -0.15) is 0 Å². The normalized spacial score (nSPS) is 12.4. The molecule has 0 spiro atoms. The molecule has 0 atom stereocenters. The molecule has 3 rings (SSSR count). The van der Waals surface area contributed by atoms with Gasteiger partial charge in [0.25, 0.3) is 9.68 Å². The number of nitrogens with zero attached hydrogens (tertiary/aromatic N) is 2. The number of aromatic nitrogens is 2. The van der Waals surface area contributed by atoms with Crippen LogP contribution in [-0.2, 0) is 3.79 Å². The zero-order valence-corrected chi connectivity index (χ0v) is 13.5. The van der Waals surface area contributed by atoms with Crippen molar-refractivity contribution in [1.29, 1.82) is 0 Å². The van der Waals surface area contributed by atoms with Crippen molar-refractivity contribution < 1.29 is 13.6 Å². The smallest absolute Gasteiger partial charge is 0.268 e. The van der Waals surface area contributed by atoms with Crippen LogP contribution < -0.4 is 4.74 Å². The molecule has 0 aliphatic heterocycles. The summed E-state index contributed by atoms with van der Waals surface area (Å²) in [5.74, 6) is 1.46. The maximum absolute atomic E-state index is 5.67. The maximum Gasteiger partial charge on any atom is 0.268 e. The summed E-state index contributed by atoms with van der Waals surface area (Å²) < 4.78 is 14.3. The number of benzene rings is 1. The van der Waals surface area contributed by atoms with E-state index in [9.17, 15) is 0 Å². The number of ether oxygens (including phenoxy) is 1. The Morgan fingerprint density at radius 2 is 1.91 bits per heavy atom. The number of halogens is 3. The molecular formula is C14H9Cl3N2O3. The fourth-order valence-corrected chi connectivity index (χ4v) is 2.04. The Bertz CT molecular complexity index is 833. The van der Waals surface area contributed by atoms with Crippen LogP contribution in [0.4, 0.5) is 0 Å². The van der Waals surface area contributed by atoms with Gasteiger partial charge in [-0.25, -0.2) is 0 Å². The van der Waals surface area contributed by atoms with Gasteiger partial charge in [0, 0.05) is 17.5 Å². The molecular weight excluding hydrogens is 351 g/mol. The minimum absolute atomic E-state index is 0.0912. The molecule has 0 saturated heterocycles. The first-order valence-electron chi connectivity index (χ1n) is 6.12. The first kappa shape index (κ1) is 15.2. The van der Waals surface area contributed by atoms with E-state index in [4.69, 9.17) is 48.4 Å². The van der Waals surface area contributed by atoms with Crippen molar-refractivity contribution in [2.75, 3.05) is 7.11 Å². The van der Waals surface area contributed by atoms with E-state index in [1.807, 2.05) is 18.2 Å². The van der Waals surface area contributed by atoms with Crippen LogP contribution >= 0.6 is 34.8 Å². The van der Waals surface area contributed by atoms with E-state index in [2.05, 4.69) is 10.2 Å². The lowest BCUT2D eigenvalue weighted by atomic mass is 10.2. The van der Waals surface area contributed by atoms with Crippen molar-refractivity contribution in [2.45, 2.75) is 3.79 Å². The molecule has 0 saturated carbocycles. The molecule has 0 N–H and O–H groups in total. The molecule has 2 aromatic heterocycles. The summed E-state index contributed by atoms with van der Waals surface area (Å²) >= 11 is 17.0. The number of alkyl halides is 3. The second-order valence-corrected chi connectivity index (χ2v) is 6.61. The SMILES string of the molecule is COc1ccc2cc(/C=C/c3nnc(C(Cl)(Cl)Cl)o3)oc2c1. The van der Waals surface area contributed by atoms with Gasteiger partial charge in [-0.15, -0.1) is 10.2 Å². The van der Waals surface area contributed by atoms with Crippen LogP contribution in [0.1, 0.15) is 17.5 Å². The number of rotatable bonds is 3. The van der Waals surface area contributed by atoms with Crippen LogP contribution in [0.5, 0.6) is 5.75 Å². The van der Waals surface area contributed by atoms with Gasteiger partial charge in [0.2, 0.25) is 5.89 Å². The van der Waals surface area contributed by atoms with E-state index >= 15 is 0 Å². The first-order chi connectivity index (χ1) is 10.5. The molecule has 5 nitrogen and oxygen atoms in total. The monoisotopic (exact) mass is 358 g/mol. The highest BCUT2D eigenvalue weighted by Gasteiger charge is 2.29. The molecule has 0 fully saturated rings. The topological polar surface area (TPSA) is 61.3 Å². The minimum Gasteiger partial charge on any atom is -0.497 e. The zero-order chi connectivity index (χ0) is 15.7. The third kappa shape index (κ3) is 3.21. The summed E-state index contributed by atoms with van der Waals surface area (Å²) in [6, 6.07) is 7.44. The predicted molar refractivity (Wildman–Crippen MR) is 85.2 cm³/mol. The van der Waals surface area contributed by atoms with E-state index in [0.29, 0.717) is 11.3 Å². The third-order valence-electron chi connectivity index (χ3n) is 2.82. The lowest BCUT2D eigenvalue weighted by Crippen LogP contribution is -1.99. The Labute approximate surface area is 140 Å². The molecule has 0 aliphatic rings. The van der Waals surface area contributed by atoms with E-state index in [0.717, 1.165) is 11.1 Å². The van der Waals surface area contributed by atoms with E-state index in [1.165, 1.54) is 0 Å². The van der Waals surface area contributed by atoms with Gasteiger partial charge in [-0.1, -0.05) is 34.8 Å². The summed E-state index contributed by atoms with van der Waals surface area (Å²) in [6.07, 6.45) is 3.25. The number of methoxy groups -OCH3 is 1. The van der Waals surface area contributed by atoms with Crippen LogP contribution in [0.2, 0.25) is 0 Å². The second kappa shape index (κ2) is 5.83. The van der Waals surface area contributed by atoms with Gasteiger partial charge < -0.3 is 13.6 Å². The lowest BCUT2D eigenvalue weighted by Gasteiger charge is -2.01. The van der Waals surface area contributed by atoms with Crippen molar-refractivity contribution in [3.63, 3.8) is 0 Å². The number of hydrogen-bond donors (Lipinski definition) is 0. The van der Waals surface area contributed by atoms with Gasteiger partial charge in [0.1, 0.15) is 17.1 Å². The average Bonchev–Trinajstić information content (AvgIpc) is 3.10. The summed E-state index contributed by atoms with van der Waals surface area (Å²) in [7, 11) is 1.60. The Kier molecular flexibility index (Phi) is 4.04. The lowest BCUT2D eigenvalue weighted by molar-refractivity contribution is 0.414. The Morgan fingerprint density at radius 1 is 1.09 bits per heavy atom. The van der Waals surface area contributed by atoms with Gasteiger partial charge in [-0.3, -0.25) is 0 Å². The standard InChI is InChI=1S/C14H9Cl3N2O3/c1-20-9-3-2-8-6-10(21-11(8)7-9)4-5-12-18-19-13(22-12)14(15,16)17/h2-7H,1H3/b5-4+. The largest absolute Gasteiger partial charge is 0.497 e. The highest BCUT2D eigenvalue weighted by atomic mass is 35.6. The highest BCUT2D eigenvalue weighted by molar-refractivity contribution is 6.66. The Balaban J connectivity index is 1.84. The number of hydrogen-bond acceptors (Lipinski definition) is 5. The van der Waals surface area contributed by atoms with Gasteiger partial charge in [0.15, 0.2) is 0 Å². The highest BCUT2D eigenvalue weighted by Crippen LogP contribution is 2.37. The third-order valence-corrected chi connectivity index (χ3v) is 3.30. The van der Waals surface area contributed by atoms with Gasteiger partial charge in [0.05, 0.1) is 7.11 Å². The minimum atomic E-state index is -1.74. The van der Waals surface area contributed by atoms with Crippen LogP contribution in [-0.4, -0.2) is 17.3 Å². The quantitative estimate of drug-likeness (QED) is 0.627. The van der Waals surface area contributed by atoms with E-state index in [1.54, 1.807) is 25.3 Å². The van der Waals surface area contributed by atoms with Crippen LogP contribution in [0, 0.1) is 0 Å². The molecule has 0 aliphatic carbocycles. The summed E-state index contributed by atoms with van der Waals surface area (Å²) in [4.78, 5) is 0. The molecule has 8 heteroatoms. The summed E-state index contributed by atoms with van der Waals surface area (Å²) in [5.41, 5.74) is 0.714. The molecule has 0 amide bonds. The molecule has 1 aromatic carbocycles. The summed E-state index contributed by atoms with van der Waals surface area (Å²) in [6.45, 7) is 0. The fraction of sp³-hybridized carbons (Fsp3) is 0.143. The molecule has 22 heavy (non-hydrogen) atoms. The van der Waals surface area contributed by atoms with Gasteiger partial charge in [-0.05, 0) is 24.3 Å². The van der Waals surface area contributed by atoms with Crippen LogP contribution in [0.3, 0.4) is 0 Å². The van der Waals surface area contributed by atoms with Crippen molar-refractivity contribution in [1.82, 2.24) is 10.2 Å². The molecule has 114 valence electrons. The molecule has 0 radical (unpaired) electrons. The molecule has 2 heterocycles. The first-order valence-corrected chi connectivity index (χ1v) is 7.25. The number of fused-ring (bicyclic) bond motifs is 1. The van der Waals surface area contributed by atoms with Crippen LogP contribution in [0.15, 0.2) is 33.1 Å². The Morgan fingerprint density at radius 3 is 2.59 bits per heavy atom. The van der Waals surface area contributed by atoms with Gasteiger partial charge >= 0.3 is 0 Å². The van der Waals surface area contributed by atoms with E-state index in [-0.39, 0.29) is 11.8 Å². The van der Waals surface area contributed by atoms with Crippen molar-refractivity contribution in [2.24, 2.45) is 0 Å². The van der Waals surface area contributed by atoms with E-state index < -0.39 is 3.79 Å². The molecule has 3 aromatic rings.